The first kappa shape index (κ1) is 50.7. The maximum absolute atomic E-state index is 12.6. The van der Waals surface area contributed by atoms with Crippen molar-refractivity contribution in [2.24, 2.45) is 0 Å². The highest BCUT2D eigenvalue weighted by atomic mass is 31.2. The largest absolute Gasteiger partial charge is 0.472 e. The number of quaternary nitrogens is 1. The maximum atomic E-state index is 12.6. The van der Waals surface area contributed by atoms with Crippen LogP contribution in [-0.2, 0) is 32.7 Å². The second-order valence-corrected chi connectivity index (χ2v) is 15.9. The van der Waals surface area contributed by atoms with Crippen molar-refractivity contribution >= 4 is 19.8 Å². The van der Waals surface area contributed by atoms with Crippen molar-refractivity contribution in [3.63, 3.8) is 0 Å². The van der Waals surface area contributed by atoms with E-state index in [-0.39, 0.29) is 26.1 Å². The topological polar surface area (TPSA) is 129 Å². The normalized spacial score (nSPS) is 14.9. The van der Waals surface area contributed by atoms with Crippen LogP contribution < -0.4 is 0 Å². The third kappa shape index (κ3) is 37.8. The van der Waals surface area contributed by atoms with Gasteiger partial charge in [-0.05, 0) is 44.9 Å². The molecule has 10 nitrogen and oxygen atoms in total. The van der Waals surface area contributed by atoms with Crippen molar-refractivity contribution in [1.82, 2.24) is 0 Å². The van der Waals surface area contributed by atoms with Gasteiger partial charge in [0.2, 0.25) is 0 Å². The lowest BCUT2D eigenvalue weighted by atomic mass is 10.1. The van der Waals surface area contributed by atoms with E-state index < -0.39 is 38.6 Å². The summed E-state index contributed by atoms with van der Waals surface area (Å²) in [7, 11) is 1.37. The molecule has 0 amide bonds. The van der Waals surface area contributed by atoms with E-state index >= 15 is 0 Å². The lowest BCUT2D eigenvalue weighted by Crippen LogP contribution is -2.37. The summed E-state index contributed by atoms with van der Waals surface area (Å²) in [6.07, 6.45) is 35.9. The Hall–Kier alpha value is -2.33. The molecule has 0 saturated heterocycles. The molecule has 2 unspecified atom stereocenters. The molecule has 2 N–H and O–H groups in total. The van der Waals surface area contributed by atoms with Gasteiger partial charge in [-0.1, -0.05) is 139 Å². The van der Waals surface area contributed by atoms with Crippen LogP contribution in [0.5, 0.6) is 0 Å². The third-order valence-corrected chi connectivity index (χ3v) is 9.15. The number of carbonyl (C=O) groups excluding carboxylic acids is 2. The molecule has 0 rings (SSSR count). The monoisotopic (exact) mass is 769 g/mol. The van der Waals surface area contributed by atoms with Crippen molar-refractivity contribution in [1.29, 1.82) is 0 Å². The molecule has 0 aromatic carbocycles. The van der Waals surface area contributed by atoms with Crippen molar-refractivity contribution in [2.45, 2.75) is 148 Å². The fourth-order valence-corrected chi connectivity index (χ4v) is 5.72. The van der Waals surface area contributed by atoms with Crippen LogP contribution in [0.2, 0.25) is 0 Å². The van der Waals surface area contributed by atoms with Crippen LogP contribution in [-0.4, -0.2) is 86.1 Å². The number of aliphatic hydroxyl groups is 1. The first-order chi connectivity index (χ1) is 25.4. The number of hydrogen-bond acceptors (Lipinski definition) is 8. The lowest BCUT2D eigenvalue weighted by molar-refractivity contribution is -0.870. The van der Waals surface area contributed by atoms with E-state index in [1.165, 1.54) is 44.9 Å². The van der Waals surface area contributed by atoms with Crippen molar-refractivity contribution < 1.29 is 47.2 Å². The number of phosphoric ester groups is 1. The number of carbonyl (C=O) groups is 2. The number of hydrogen-bond donors (Lipinski definition) is 2. The number of rotatable bonds is 35. The standard InChI is InChI=1S/C42H74NO9P/c1-6-8-10-12-14-16-18-19-21-22-24-26-28-31-39(44)32-30-34-41(45)49-37-40(38-51-53(47,48)50-36-35-43(3,4)5)52-42(46)33-29-27-25-23-20-17-15-13-11-9-7-2/h8,10,14,16,19,21,24,26,28,31,39-40,44H,6-7,9,11-13,15,17-18,20,22-23,25,27,29-30,32-38H2,1-5H3/p+1/b10-8-,16-14-,21-19-,26-24-,31-28+/t39?,40-/m1/s1. The molecule has 0 radical (unpaired) electrons. The maximum Gasteiger partial charge on any atom is 0.472 e. The lowest BCUT2D eigenvalue weighted by Gasteiger charge is -2.24. The van der Waals surface area contributed by atoms with E-state index in [1.54, 1.807) is 12.2 Å². The Morgan fingerprint density at radius 3 is 1.81 bits per heavy atom. The minimum atomic E-state index is -4.41. The van der Waals surface area contributed by atoms with Gasteiger partial charge in [0.15, 0.2) is 6.10 Å². The predicted molar refractivity (Wildman–Crippen MR) is 216 cm³/mol. The van der Waals surface area contributed by atoms with Gasteiger partial charge in [-0.15, -0.1) is 0 Å². The number of likely N-dealkylation sites (N-methyl/N-ethyl adjacent to an activating group) is 1. The van der Waals surface area contributed by atoms with Gasteiger partial charge in [0.25, 0.3) is 0 Å². The third-order valence-electron chi connectivity index (χ3n) is 8.17. The summed E-state index contributed by atoms with van der Waals surface area (Å²) in [6.45, 7) is 4.05. The Kier molecular flexibility index (Phi) is 32.7. The van der Waals surface area contributed by atoms with Gasteiger partial charge >= 0.3 is 19.8 Å². The van der Waals surface area contributed by atoms with Gasteiger partial charge in [0.05, 0.1) is 33.9 Å². The van der Waals surface area contributed by atoms with E-state index in [4.69, 9.17) is 18.5 Å². The van der Waals surface area contributed by atoms with E-state index in [2.05, 4.69) is 50.3 Å². The minimum Gasteiger partial charge on any atom is -0.462 e. The Balaban J connectivity index is 4.61. The summed E-state index contributed by atoms with van der Waals surface area (Å²) in [4.78, 5) is 35.2. The fraction of sp³-hybridized carbons (Fsp3) is 0.714. The molecule has 0 aromatic heterocycles. The van der Waals surface area contributed by atoms with Crippen molar-refractivity contribution in [2.75, 3.05) is 47.5 Å². The van der Waals surface area contributed by atoms with Crippen LogP contribution in [0, 0.1) is 0 Å². The SMILES string of the molecule is CC/C=C\C/C=C\C/C=C\C/C=C\C=C\C(O)CCCC(=O)OC[C@H](COP(=O)(O)OCC[N+](C)(C)C)OC(=O)CCCCCCCCCCCCC. The Morgan fingerprint density at radius 2 is 1.23 bits per heavy atom. The number of aliphatic hydroxyl groups excluding tert-OH is 1. The second kappa shape index (κ2) is 34.2. The highest BCUT2D eigenvalue weighted by Gasteiger charge is 2.27. The van der Waals surface area contributed by atoms with Crippen LogP contribution in [0.25, 0.3) is 0 Å². The molecule has 0 fully saturated rings. The molecule has 0 heterocycles. The molecule has 306 valence electrons. The van der Waals surface area contributed by atoms with E-state index in [9.17, 15) is 24.2 Å². The van der Waals surface area contributed by atoms with E-state index in [1.807, 2.05) is 33.3 Å². The molecule has 53 heavy (non-hydrogen) atoms. The van der Waals surface area contributed by atoms with Crippen molar-refractivity contribution in [3.05, 3.63) is 60.8 Å². The van der Waals surface area contributed by atoms with E-state index in [0.717, 1.165) is 44.9 Å². The number of esters is 2. The number of phosphoric acid groups is 1. The number of nitrogens with zero attached hydrogens (tertiary/aromatic N) is 1. The summed E-state index contributed by atoms with van der Waals surface area (Å²) in [5, 5.41) is 10.3. The zero-order valence-corrected chi connectivity index (χ0v) is 34.7. The molecule has 0 aliphatic rings. The molecule has 0 aliphatic heterocycles. The first-order valence-corrected chi connectivity index (χ1v) is 21.6. The van der Waals surface area contributed by atoms with Gasteiger partial charge in [0.1, 0.15) is 19.8 Å². The molecule has 11 heteroatoms. The minimum absolute atomic E-state index is 0.0000569. The molecule has 0 saturated carbocycles. The van der Waals surface area contributed by atoms with Crippen LogP contribution >= 0.6 is 7.82 Å². The van der Waals surface area contributed by atoms with E-state index in [0.29, 0.717) is 30.3 Å². The Morgan fingerprint density at radius 1 is 0.679 bits per heavy atom. The zero-order chi connectivity index (χ0) is 39.5. The summed E-state index contributed by atoms with van der Waals surface area (Å²) < 4.78 is 34.0. The van der Waals surface area contributed by atoms with Gasteiger partial charge in [0, 0.05) is 12.8 Å². The second-order valence-electron chi connectivity index (χ2n) is 14.5. The first-order valence-electron chi connectivity index (χ1n) is 20.1. The average Bonchev–Trinajstić information content (AvgIpc) is 3.09. The summed E-state index contributed by atoms with van der Waals surface area (Å²) in [5.74, 6) is -1.01. The highest BCUT2D eigenvalue weighted by molar-refractivity contribution is 7.47. The van der Waals surface area contributed by atoms with Gasteiger partial charge < -0.3 is 24.0 Å². The predicted octanol–water partition coefficient (Wildman–Crippen LogP) is 9.87. The number of ether oxygens (including phenoxy) is 2. The molecule has 0 aliphatic carbocycles. The number of unbranched alkanes of at least 4 members (excludes halogenated alkanes) is 10. The Bertz CT molecular complexity index is 1110. The quantitative estimate of drug-likeness (QED) is 0.0162. The van der Waals surface area contributed by atoms with Crippen LogP contribution in [0.1, 0.15) is 136 Å². The van der Waals surface area contributed by atoms with Crippen LogP contribution in [0.3, 0.4) is 0 Å². The van der Waals surface area contributed by atoms with Crippen LogP contribution in [0.15, 0.2) is 60.8 Å². The number of allylic oxidation sites excluding steroid dienone is 9. The molecular weight excluding hydrogens is 693 g/mol. The average molecular weight is 769 g/mol. The molecule has 3 atom stereocenters. The van der Waals surface area contributed by atoms with Crippen molar-refractivity contribution in [3.8, 4) is 0 Å². The highest BCUT2D eigenvalue weighted by Crippen LogP contribution is 2.43. The smallest absolute Gasteiger partial charge is 0.462 e. The van der Waals surface area contributed by atoms with Crippen LogP contribution in [0.4, 0.5) is 0 Å². The van der Waals surface area contributed by atoms with Gasteiger partial charge in [-0.3, -0.25) is 18.6 Å². The molecule has 0 bridgehead atoms. The Labute approximate surface area is 322 Å². The molecule has 0 spiro atoms. The zero-order valence-electron chi connectivity index (χ0n) is 33.8. The molecule has 0 aromatic rings. The molecular formula is C42H75NO9P+. The fourth-order valence-electron chi connectivity index (χ4n) is 4.98. The van der Waals surface area contributed by atoms with Gasteiger partial charge in [-0.25, -0.2) is 4.57 Å². The summed E-state index contributed by atoms with van der Waals surface area (Å²) in [5.41, 5.74) is 0. The van der Waals surface area contributed by atoms with Gasteiger partial charge in [-0.2, -0.15) is 0 Å². The summed E-state index contributed by atoms with van der Waals surface area (Å²) >= 11 is 0. The summed E-state index contributed by atoms with van der Waals surface area (Å²) in [6, 6.07) is 0.